The molecule has 1 aliphatic heterocycles. The van der Waals surface area contributed by atoms with E-state index in [0.717, 1.165) is 6.42 Å². The van der Waals surface area contributed by atoms with Gasteiger partial charge in [-0.3, -0.25) is 0 Å². The summed E-state index contributed by atoms with van der Waals surface area (Å²) in [7, 11) is 0. The molecular formula is C10H16F3N3O3. The fourth-order valence-corrected chi connectivity index (χ4v) is 1.88. The second kappa shape index (κ2) is 6.48. The lowest BCUT2D eigenvalue weighted by molar-refractivity contribution is -0.162. The van der Waals surface area contributed by atoms with Crippen LogP contribution in [0.15, 0.2) is 0 Å². The summed E-state index contributed by atoms with van der Waals surface area (Å²) in [4.78, 5) is 23.2. The van der Waals surface area contributed by atoms with Crippen LogP contribution in [0.1, 0.15) is 12.8 Å². The number of amides is 3. The summed E-state index contributed by atoms with van der Waals surface area (Å²) >= 11 is 0. The number of nitrogens with two attached hydrogens (primary N) is 1. The number of nitrogens with zero attached hydrogens (tertiary/aromatic N) is 1. The van der Waals surface area contributed by atoms with Crippen molar-refractivity contribution in [2.75, 3.05) is 26.2 Å². The van der Waals surface area contributed by atoms with Gasteiger partial charge in [-0.05, 0) is 18.8 Å². The summed E-state index contributed by atoms with van der Waals surface area (Å²) in [6.07, 6.45) is -4.10. The van der Waals surface area contributed by atoms with Gasteiger partial charge in [-0.15, -0.1) is 0 Å². The van der Waals surface area contributed by atoms with Gasteiger partial charge in [-0.25, -0.2) is 9.59 Å². The van der Waals surface area contributed by atoms with Gasteiger partial charge in [0.15, 0.2) is 6.61 Å². The van der Waals surface area contributed by atoms with Crippen molar-refractivity contribution in [1.29, 1.82) is 0 Å². The second-order valence-electron chi connectivity index (χ2n) is 4.37. The van der Waals surface area contributed by atoms with Crippen molar-refractivity contribution in [3.8, 4) is 0 Å². The fourth-order valence-electron chi connectivity index (χ4n) is 1.88. The highest BCUT2D eigenvalue weighted by atomic mass is 19.4. The van der Waals surface area contributed by atoms with Crippen LogP contribution in [0.3, 0.4) is 0 Å². The molecule has 3 N–H and O–H groups in total. The summed E-state index contributed by atoms with van der Waals surface area (Å²) in [5.41, 5.74) is 4.92. The number of carbonyl (C=O) groups excluding carboxylic acids is 2. The van der Waals surface area contributed by atoms with Crippen molar-refractivity contribution in [3.63, 3.8) is 0 Å². The molecule has 9 heteroatoms. The Hall–Kier alpha value is -1.67. The predicted octanol–water partition coefficient (Wildman–Crippen LogP) is 1.07. The number of urea groups is 1. The minimum absolute atomic E-state index is 0.0281. The number of carbonyl (C=O) groups is 2. The van der Waals surface area contributed by atoms with Crippen LogP contribution in [-0.4, -0.2) is 49.4 Å². The molecule has 0 saturated carbocycles. The van der Waals surface area contributed by atoms with Crippen molar-refractivity contribution in [1.82, 2.24) is 10.2 Å². The van der Waals surface area contributed by atoms with Crippen LogP contribution in [0, 0.1) is 5.92 Å². The van der Waals surface area contributed by atoms with E-state index in [2.05, 4.69) is 10.1 Å². The van der Waals surface area contributed by atoms with Gasteiger partial charge in [-0.1, -0.05) is 0 Å². The maximum absolute atomic E-state index is 11.9. The van der Waals surface area contributed by atoms with Gasteiger partial charge < -0.3 is 20.7 Å². The van der Waals surface area contributed by atoms with Gasteiger partial charge in [0.1, 0.15) is 0 Å². The highest BCUT2D eigenvalue weighted by Gasteiger charge is 2.32. The molecule has 0 radical (unpaired) electrons. The molecule has 0 spiro atoms. The third-order valence-electron chi connectivity index (χ3n) is 2.70. The first-order valence-corrected chi connectivity index (χ1v) is 5.79. The van der Waals surface area contributed by atoms with Gasteiger partial charge in [0.2, 0.25) is 0 Å². The number of hydrogen-bond donors (Lipinski definition) is 2. The molecule has 1 heterocycles. The fraction of sp³-hybridized carbons (Fsp3) is 0.800. The number of alkyl halides is 3. The minimum atomic E-state index is -4.53. The number of ether oxygens (including phenoxy) is 1. The quantitative estimate of drug-likeness (QED) is 0.812. The molecule has 3 amide bonds. The Morgan fingerprint density at radius 2 is 2.11 bits per heavy atom. The van der Waals surface area contributed by atoms with Crippen molar-refractivity contribution in [2.24, 2.45) is 11.7 Å². The Morgan fingerprint density at radius 1 is 1.42 bits per heavy atom. The highest BCUT2D eigenvalue weighted by molar-refractivity contribution is 5.71. The van der Waals surface area contributed by atoms with Gasteiger partial charge in [-0.2, -0.15) is 13.2 Å². The highest BCUT2D eigenvalue weighted by Crippen LogP contribution is 2.19. The summed E-state index contributed by atoms with van der Waals surface area (Å²) in [5.74, 6) is -0.0281. The van der Waals surface area contributed by atoms with Crippen LogP contribution in [0.5, 0.6) is 0 Å². The third-order valence-corrected chi connectivity index (χ3v) is 2.70. The minimum Gasteiger partial charge on any atom is -0.440 e. The van der Waals surface area contributed by atoms with Crippen LogP contribution in [-0.2, 0) is 4.74 Å². The van der Waals surface area contributed by atoms with Crippen molar-refractivity contribution < 1.29 is 27.5 Å². The zero-order chi connectivity index (χ0) is 14.5. The van der Waals surface area contributed by atoms with E-state index in [9.17, 15) is 22.8 Å². The summed E-state index contributed by atoms with van der Waals surface area (Å²) in [5, 5.41) is 2.41. The molecule has 19 heavy (non-hydrogen) atoms. The number of piperidine rings is 1. The molecule has 1 aliphatic rings. The average Bonchev–Trinajstić information content (AvgIpc) is 2.33. The Kier molecular flexibility index (Phi) is 5.25. The number of rotatable bonds is 3. The van der Waals surface area contributed by atoms with Crippen LogP contribution >= 0.6 is 0 Å². The zero-order valence-electron chi connectivity index (χ0n) is 10.2. The van der Waals surface area contributed by atoms with E-state index < -0.39 is 24.9 Å². The Morgan fingerprint density at radius 3 is 2.68 bits per heavy atom. The van der Waals surface area contributed by atoms with Gasteiger partial charge in [0, 0.05) is 19.6 Å². The lowest BCUT2D eigenvalue weighted by Crippen LogP contribution is -2.45. The predicted molar refractivity (Wildman–Crippen MR) is 59.3 cm³/mol. The topological polar surface area (TPSA) is 84.7 Å². The maximum atomic E-state index is 11.9. The molecule has 0 aromatic heterocycles. The Balaban J connectivity index is 2.37. The summed E-state index contributed by atoms with van der Waals surface area (Å²) < 4.78 is 39.9. The first kappa shape index (κ1) is 15.4. The Labute approximate surface area is 108 Å². The summed E-state index contributed by atoms with van der Waals surface area (Å²) in [6, 6.07) is -0.670. The number of primary amides is 1. The van der Waals surface area contributed by atoms with E-state index in [0.29, 0.717) is 19.5 Å². The van der Waals surface area contributed by atoms with E-state index >= 15 is 0 Å². The Bertz CT molecular complexity index is 336. The lowest BCUT2D eigenvalue weighted by atomic mass is 9.98. The molecule has 1 fully saturated rings. The van der Waals surface area contributed by atoms with Crippen molar-refractivity contribution >= 4 is 12.1 Å². The number of hydrogen-bond acceptors (Lipinski definition) is 3. The van der Waals surface area contributed by atoms with Crippen LogP contribution < -0.4 is 11.1 Å². The molecule has 0 aromatic carbocycles. The van der Waals surface area contributed by atoms with Crippen LogP contribution in [0.4, 0.5) is 22.8 Å². The van der Waals surface area contributed by atoms with E-state index in [1.807, 2.05) is 0 Å². The van der Waals surface area contributed by atoms with E-state index in [4.69, 9.17) is 5.73 Å². The number of likely N-dealkylation sites (tertiary alicyclic amines) is 1. The largest absolute Gasteiger partial charge is 0.440 e. The van der Waals surface area contributed by atoms with Gasteiger partial charge in [0.25, 0.3) is 0 Å². The first-order valence-electron chi connectivity index (χ1n) is 5.79. The number of nitrogens with one attached hydrogen (secondary N) is 1. The maximum Gasteiger partial charge on any atom is 0.422 e. The normalized spacial score (nSPS) is 19.9. The molecule has 110 valence electrons. The molecule has 6 nitrogen and oxygen atoms in total. The monoisotopic (exact) mass is 283 g/mol. The van der Waals surface area contributed by atoms with E-state index in [-0.39, 0.29) is 12.5 Å². The SMILES string of the molecule is NC(=O)NC[C@H]1CCCN(C(=O)OCC(F)(F)F)C1. The van der Waals surface area contributed by atoms with Crippen molar-refractivity contribution in [2.45, 2.75) is 19.0 Å². The van der Waals surface area contributed by atoms with Gasteiger partial charge >= 0.3 is 18.3 Å². The number of halogens is 3. The van der Waals surface area contributed by atoms with Crippen molar-refractivity contribution in [3.05, 3.63) is 0 Å². The van der Waals surface area contributed by atoms with E-state index in [1.165, 1.54) is 4.90 Å². The van der Waals surface area contributed by atoms with Crippen LogP contribution in [0.2, 0.25) is 0 Å². The molecular weight excluding hydrogens is 267 g/mol. The average molecular weight is 283 g/mol. The zero-order valence-corrected chi connectivity index (χ0v) is 10.2. The molecule has 0 unspecified atom stereocenters. The smallest absolute Gasteiger partial charge is 0.422 e. The third kappa shape index (κ3) is 6.16. The first-order chi connectivity index (χ1) is 8.78. The molecule has 0 aromatic rings. The molecule has 0 aliphatic carbocycles. The van der Waals surface area contributed by atoms with Gasteiger partial charge in [0.05, 0.1) is 0 Å². The molecule has 0 bridgehead atoms. The standard InChI is InChI=1S/C10H16F3N3O3/c11-10(12,13)6-19-9(18)16-3-1-2-7(5-16)4-15-8(14)17/h7H,1-6H2,(H3,14,15,17)/t7-/m1/s1. The van der Waals surface area contributed by atoms with E-state index in [1.54, 1.807) is 0 Å². The summed E-state index contributed by atoms with van der Waals surface area (Å²) in [6.45, 7) is -0.703. The second-order valence-corrected chi connectivity index (χ2v) is 4.37. The van der Waals surface area contributed by atoms with Crippen LogP contribution in [0.25, 0.3) is 0 Å². The lowest BCUT2D eigenvalue weighted by Gasteiger charge is -2.32. The molecule has 1 atom stereocenters. The molecule has 1 rings (SSSR count). The molecule has 1 saturated heterocycles.